The first-order chi connectivity index (χ1) is 12.2. The Morgan fingerprint density at radius 1 is 0.962 bits per heavy atom. The Bertz CT molecular complexity index is 683. The summed E-state index contributed by atoms with van der Waals surface area (Å²) in [4.78, 5) is 4.36. The molecule has 6 nitrogen and oxygen atoms in total. The molecule has 0 heterocycles. The highest BCUT2D eigenvalue weighted by molar-refractivity contribution is 14.0. The van der Waals surface area contributed by atoms with Gasteiger partial charge in [-0.25, -0.2) is 4.99 Å². The van der Waals surface area contributed by atoms with E-state index in [4.69, 9.17) is 19.9 Å². The zero-order valence-corrected chi connectivity index (χ0v) is 17.7. The Balaban J connectivity index is 0.00000338. The van der Waals surface area contributed by atoms with E-state index >= 15 is 0 Å². The third-order valence-electron chi connectivity index (χ3n) is 3.72. The van der Waals surface area contributed by atoms with Gasteiger partial charge in [0.2, 0.25) is 5.75 Å². The van der Waals surface area contributed by atoms with Gasteiger partial charge in [-0.3, -0.25) is 0 Å². The Morgan fingerprint density at radius 3 is 2.12 bits per heavy atom. The third-order valence-corrected chi connectivity index (χ3v) is 3.72. The standard InChI is InChI=1S/C19H25N3O3.HI/c1-23-16-11-15(12-17(24-2)18(16)25-3)13-22-19(20)21-10-9-14-7-5-4-6-8-14;/h4-8,11-12H,9-10,13H2,1-3H3,(H3,20,21,22);1H. The second-order valence-corrected chi connectivity index (χ2v) is 5.40. The van der Waals surface area contributed by atoms with Crippen LogP contribution in [0.3, 0.4) is 0 Å². The summed E-state index contributed by atoms with van der Waals surface area (Å²) in [6.45, 7) is 1.15. The van der Waals surface area contributed by atoms with Crippen LogP contribution in [0.25, 0.3) is 0 Å². The largest absolute Gasteiger partial charge is 0.493 e. The second kappa shape index (κ2) is 11.5. The van der Waals surface area contributed by atoms with Crippen molar-refractivity contribution in [2.75, 3.05) is 27.9 Å². The van der Waals surface area contributed by atoms with Crippen LogP contribution in [0.2, 0.25) is 0 Å². The predicted octanol–water partition coefficient (Wildman–Crippen LogP) is 2.98. The van der Waals surface area contributed by atoms with E-state index in [2.05, 4.69) is 22.4 Å². The minimum atomic E-state index is 0. The Morgan fingerprint density at radius 2 is 1.58 bits per heavy atom. The number of rotatable bonds is 8. The average molecular weight is 471 g/mol. The molecule has 0 amide bonds. The van der Waals surface area contributed by atoms with Crippen LogP contribution < -0.4 is 25.3 Å². The first-order valence-corrected chi connectivity index (χ1v) is 8.04. The quantitative estimate of drug-likeness (QED) is 0.352. The highest BCUT2D eigenvalue weighted by Gasteiger charge is 2.12. The fourth-order valence-corrected chi connectivity index (χ4v) is 2.44. The SMILES string of the molecule is COc1cc(CN=C(N)NCCc2ccccc2)cc(OC)c1OC.I. The number of methoxy groups -OCH3 is 3. The van der Waals surface area contributed by atoms with Crippen molar-refractivity contribution in [2.45, 2.75) is 13.0 Å². The van der Waals surface area contributed by atoms with Gasteiger partial charge in [0.25, 0.3) is 0 Å². The lowest BCUT2D eigenvalue weighted by atomic mass is 10.1. The van der Waals surface area contributed by atoms with E-state index in [9.17, 15) is 0 Å². The molecule has 7 heteroatoms. The van der Waals surface area contributed by atoms with Gasteiger partial charge in [0.1, 0.15) is 0 Å². The second-order valence-electron chi connectivity index (χ2n) is 5.40. The highest BCUT2D eigenvalue weighted by atomic mass is 127. The highest BCUT2D eigenvalue weighted by Crippen LogP contribution is 2.38. The van der Waals surface area contributed by atoms with E-state index in [0.29, 0.717) is 29.8 Å². The molecule has 2 aromatic rings. The van der Waals surface area contributed by atoms with Gasteiger partial charge in [0, 0.05) is 6.54 Å². The van der Waals surface area contributed by atoms with E-state index in [1.54, 1.807) is 21.3 Å². The number of guanidine groups is 1. The number of nitrogens with one attached hydrogen (secondary N) is 1. The minimum absolute atomic E-state index is 0. The summed E-state index contributed by atoms with van der Waals surface area (Å²) in [6, 6.07) is 14.0. The van der Waals surface area contributed by atoms with E-state index in [1.807, 2.05) is 30.3 Å². The molecule has 0 saturated carbocycles. The van der Waals surface area contributed by atoms with Gasteiger partial charge in [-0.15, -0.1) is 24.0 Å². The van der Waals surface area contributed by atoms with Crippen molar-refractivity contribution < 1.29 is 14.2 Å². The van der Waals surface area contributed by atoms with Crippen molar-refractivity contribution in [1.82, 2.24) is 5.32 Å². The molecule has 0 bridgehead atoms. The fourth-order valence-electron chi connectivity index (χ4n) is 2.44. The molecule has 0 aliphatic carbocycles. The molecule has 0 atom stereocenters. The van der Waals surface area contributed by atoms with Crippen molar-refractivity contribution in [2.24, 2.45) is 10.7 Å². The Hall–Kier alpha value is -2.16. The predicted molar refractivity (Wildman–Crippen MR) is 115 cm³/mol. The van der Waals surface area contributed by atoms with Crippen LogP contribution in [0.5, 0.6) is 17.2 Å². The van der Waals surface area contributed by atoms with E-state index < -0.39 is 0 Å². The lowest BCUT2D eigenvalue weighted by Crippen LogP contribution is -2.33. The summed E-state index contributed by atoms with van der Waals surface area (Å²) in [5, 5.41) is 3.12. The van der Waals surface area contributed by atoms with Crippen LogP contribution in [0.1, 0.15) is 11.1 Å². The van der Waals surface area contributed by atoms with Crippen molar-refractivity contribution in [3.63, 3.8) is 0 Å². The number of benzene rings is 2. The van der Waals surface area contributed by atoms with Gasteiger partial charge in [-0.1, -0.05) is 30.3 Å². The van der Waals surface area contributed by atoms with Gasteiger partial charge in [-0.2, -0.15) is 0 Å². The maximum absolute atomic E-state index is 5.93. The number of aliphatic imine (C=N–C) groups is 1. The van der Waals surface area contributed by atoms with Gasteiger partial charge < -0.3 is 25.3 Å². The van der Waals surface area contributed by atoms with Crippen LogP contribution in [0, 0.1) is 0 Å². The normalized spacial score (nSPS) is 10.7. The van der Waals surface area contributed by atoms with Crippen molar-refractivity contribution >= 4 is 29.9 Å². The molecule has 0 unspecified atom stereocenters. The maximum atomic E-state index is 5.93. The maximum Gasteiger partial charge on any atom is 0.203 e. The molecular formula is C19H26IN3O3. The molecule has 0 spiro atoms. The molecule has 3 N–H and O–H groups in total. The smallest absolute Gasteiger partial charge is 0.203 e. The van der Waals surface area contributed by atoms with Crippen LogP contribution in [0.4, 0.5) is 0 Å². The van der Waals surface area contributed by atoms with Gasteiger partial charge in [-0.05, 0) is 29.7 Å². The van der Waals surface area contributed by atoms with Gasteiger partial charge >= 0.3 is 0 Å². The van der Waals surface area contributed by atoms with Gasteiger partial charge in [0.15, 0.2) is 17.5 Å². The summed E-state index contributed by atoms with van der Waals surface area (Å²) in [6.07, 6.45) is 0.890. The lowest BCUT2D eigenvalue weighted by molar-refractivity contribution is 0.324. The molecule has 142 valence electrons. The first-order valence-electron chi connectivity index (χ1n) is 8.04. The van der Waals surface area contributed by atoms with Crippen molar-refractivity contribution in [1.29, 1.82) is 0 Å². The topological polar surface area (TPSA) is 78.1 Å². The zero-order valence-electron chi connectivity index (χ0n) is 15.3. The zero-order chi connectivity index (χ0) is 18.1. The van der Waals surface area contributed by atoms with E-state index in [0.717, 1.165) is 18.5 Å². The molecular weight excluding hydrogens is 445 g/mol. The summed E-state index contributed by atoms with van der Waals surface area (Å²) >= 11 is 0. The lowest BCUT2D eigenvalue weighted by Gasteiger charge is -2.13. The molecule has 0 aliphatic heterocycles. The third kappa shape index (κ3) is 6.29. The number of nitrogens with zero attached hydrogens (tertiary/aromatic N) is 1. The summed E-state index contributed by atoms with van der Waals surface area (Å²) < 4.78 is 16.0. The summed E-state index contributed by atoms with van der Waals surface area (Å²) in [5.41, 5.74) is 8.11. The van der Waals surface area contributed by atoms with Gasteiger partial charge in [0.05, 0.1) is 27.9 Å². The molecule has 0 aliphatic rings. The average Bonchev–Trinajstić information content (AvgIpc) is 2.66. The molecule has 0 aromatic heterocycles. The Kier molecular flexibility index (Phi) is 9.64. The molecule has 2 rings (SSSR count). The number of nitrogens with two attached hydrogens (primary N) is 1. The minimum Gasteiger partial charge on any atom is -0.493 e. The fraction of sp³-hybridized carbons (Fsp3) is 0.316. The van der Waals surface area contributed by atoms with Crippen LogP contribution in [-0.4, -0.2) is 33.8 Å². The molecule has 26 heavy (non-hydrogen) atoms. The van der Waals surface area contributed by atoms with Crippen LogP contribution in [0.15, 0.2) is 47.5 Å². The molecule has 0 saturated heterocycles. The molecule has 0 radical (unpaired) electrons. The number of hydrogen-bond acceptors (Lipinski definition) is 4. The number of halogens is 1. The summed E-state index contributed by atoms with van der Waals surface area (Å²) in [7, 11) is 4.75. The monoisotopic (exact) mass is 471 g/mol. The van der Waals surface area contributed by atoms with E-state index in [-0.39, 0.29) is 24.0 Å². The number of ether oxygens (including phenoxy) is 3. The number of hydrogen-bond donors (Lipinski definition) is 2. The first kappa shape index (κ1) is 21.9. The Labute approximate surface area is 171 Å². The summed E-state index contributed by atoms with van der Waals surface area (Å²) in [5.74, 6) is 2.17. The molecule has 0 fully saturated rings. The molecule has 2 aromatic carbocycles. The van der Waals surface area contributed by atoms with Crippen LogP contribution >= 0.6 is 24.0 Å². The van der Waals surface area contributed by atoms with Crippen molar-refractivity contribution in [3.8, 4) is 17.2 Å². The van der Waals surface area contributed by atoms with E-state index in [1.165, 1.54) is 5.56 Å². The van der Waals surface area contributed by atoms with Crippen LogP contribution in [-0.2, 0) is 13.0 Å². The van der Waals surface area contributed by atoms with Crippen molar-refractivity contribution in [3.05, 3.63) is 53.6 Å².